The van der Waals surface area contributed by atoms with E-state index in [1.807, 2.05) is 19.1 Å². The molecule has 2 aromatic heterocycles. The summed E-state index contributed by atoms with van der Waals surface area (Å²) in [5.74, 6) is 1.34. The second-order valence-electron chi connectivity index (χ2n) is 6.76. The van der Waals surface area contributed by atoms with Crippen LogP contribution in [0.4, 0.5) is 5.82 Å². The number of likely N-dealkylation sites (tertiary alicyclic amines) is 1. The van der Waals surface area contributed by atoms with Crippen molar-refractivity contribution in [3.63, 3.8) is 0 Å². The molecular weight excluding hydrogens is 340 g/mol. The number of hydrogen-bond acceptors (Lipinski definition) is 6. The Morgan fingerprint density at radius 2 is 1.93 bits per heavy atom. The topological polar surface area (TPSA) is 78.6 Å². The van der Waals surface area contributed by atoms with Crippen LogP contribution in [0.1, 0.15) is 31.7 Å². The standard InChI is InChI=1S/C13H13N5O.C7H15N/c1-8-3-4-9(10(19)7-8)12-17-16-11(14-2)13-15-5-6-18(12)13;1-2-8-6-4-3-5-7-8/h3-7,19H,1-2H3,(H,14,16);2-7H2,1H3. The van der Waals surface area contributed by atoms with Gasteiger partial charge in [0.2, 0.25) is 0 Å². The minimum absolute atomic E-state index is 0.182. The van der Waals surface area contributed by atoms with Crippen LogP contribution in [-0.2, 0) is 0 Å². The number of aromatic nitrogens is 4. The van der Waals surface area contributed by atoms with Gasteiger partial charge >= 0.3 is 0 Å². The molecule has 144 valence electrons. The number of phenolic OH excluding ortho intramolecular Hbond substituents is 1. The molecule has 0 aliphatic carbocycles. The third-order valence-corrected chi connectivity index (χ3v) is 4.85. The lowest BCUT2D eigenvalue weighted by Gasteiger charge is -2.24. The van der Waals surface area contributed by atoms with Gasteiger partial charge in [0.1, 0.15) is 5.75 Å². The van der Waals surface area contributed by atoms with Gasteiger partial charge < -0.3 is 15.3 Å². The molecule has 7 nitrogen and oxygen atoms in total. The van der Waals surface area contributed by atoms with Crippen LogP contribution in [0.15, 0.2) is 30.6 Å². The Labute approximate surface area is 160 Å². The van der Waals surface area contributed by atoms with E-state index in [1.165, 1.54) is 38.9 Å². The number of fused-ring (bicyclic) bond motifs is 1. The molecule has 0 saturated carbocycles. The maximum atomic E-state index is 10.1. The zero-order chi connectivity index (χ0) is 19.2. The van der Waals surface area contributed by atoms with Crippen LogP contribution in [0, 0.1) is 6.92 Å². The summed E-state index contributed by atoms with van der Waals surface area (Å²) in [4.78, 5) is 6.76. The number of piperidine rings is 1. The summed E-state index contributed by atoms with van der Waals surface area (Å²) >= 11 is 0. The fraction of sp³-hybridized carbons (Fsp3) is 0.450. The number of nitrogens with one attached hydrogen (secondary N) is 1. The highest BCUT2D eigenvalue weighted by Gasteiger charge is 2.13. The van der Waals surface area contributed by atoms with Gasteiger partial charge in [-0.25, -0.2) is 4.98 Å². The van der Waals surface area contributed by atoms with Gasteiger partial charge in [0, 0.05) is 19.4 Å². The zero-order valence-corrected chi connectivity index (χ0v) is 16.3. The Morgan fingerprint density at radius 3 is 2.56 bits per heavy atom. The molecule has 27 heavy (non-hydrogen) atoms. The lowest BCUT2D eigenvalue weighted by molar-refractivity contribution is 0.240. The SMILES string of the molecule is CCN1CCCCC1.CNc1nnc(-c2ccc(C)cc2O)n2ccnc12. The lowest BCUT2D eigenvalue weighted by atomic mass is 10.1. The van der Waals surface area contributed by atoms with Crippen LogP contribution < -0.4 is 5.32 Å². The number of phenols is 1. The number of aromatic hydroxyl groups is 1. The van der Waals surface area contributed by atoms with Gasteiger partial charge in [0.25, 0.3) is 0 Å². The predicted molar refractivity (Wildman–Crippen MR) is 108 cm³/mol. The Morgan fingerprint density at radius 1 is 1.15 bits per heavy atom. The van der Waals surface area contributed by atoms with Crippen molar-refractivity contribution in [1.29, 1.82) is 0 Å². The average molecular weight is 368 g/mol. The molecule has 1 aliphatic rings. The number of benzene rings is 1. The second-order valence-corrected chi connectivity index (χ2v) is 6.76. The number of rotatable bonds is 3. The first kappa shape index (κ1) is 19.1. The van der Waals surface area contributed by atoms with Crippen molar-refractivity contribution in [3.8, 4) is 17.1 Å². The number of nitrogens with zero attached hydrogens (tertiary/aromatic N) is 5. The van der Waals surface area contributed by atoms with E-state index in [0.717, 1.165) is 5.56 Å². The van der Waals surface area contributed by atoms with E-state index in [-0.39, 0.29) is 5.75 Å². The van der Waals surface area contributed by atoms with E-state index in [2.05, 4.69) is 32.3 Å². The molecule has 0 unspecified atom stereocenters. The molecule has 0 atom stereocenters. The molecule has 3 aromatic rings. The van der Waals surface area contributed by atoms with Crippen LogP contribution in [0.3, 0.4) is 0 Å². The third-order valence-electron chi connectivity index (χ3n) is 4.85. The molecule has 0 amide bonds. The molecule has 0 bridgehead atoms. The maximum absolute atomic E-state index is 10.1. The normalized spacial score (nSPS) is 14.6. The van der Waals surface area contributed by atoms with Crippen LogP contribution in [0.2, 0.25) is 0 Å². The van der Waals surface area contributed by atoms with E-state index in [0.29, 0.717) is 22.9 Å². The van der Waals surface area contributed by atoms with Gasteiger partial charge in [-0.1, -0.05) is 19.4 Å². The first-order chi connectivity index (χ1) is 13.1. The molecule has 7 heteroatoms. The van der Waals surface area contributed by atoms with Crippen molar-refractivity contribution in [1.82, 2.24) is 24.5 Å². The second kappa shape index (κ2) is 8.81. The van der Waals surface area contributed by atoms with E-state index in [9.17, 15) is 5.11 Å². The van der Waals surface area contributed by atoms with Crippen LogP contribution in [0.5, 0.6) is 5.75 Å². The minimum atomic E-state index is 0.182. The van der Waals surface area contributed by atoms with Gasteiger partial charge in [0.15, 0.2) is 17.3 Å². The molecule has 0 spiro atoms. The van der Waals surface area contributed by atoms with Crippen molar-refractivity contribution < 1.29 is 5.11 Å². The Hall–Kier alpha value is -2.67. The monoisotopic (exact) mass is 368 g/mol. The number of aryl methyl sites for hydroxylation is 1. The smallest absolute Gasteiger partial charge is 0.192 e. The third kappa shape index (κ3) is 4.36. The largest absolute Gasteiger partial charge is 0.507 e. The van der Waals surface area contributed by atoms with Gasteiger partial charge in [0.05, 0.1) is 5.56 Å². The Kier molecular flexibility index (Phi) is 6.24. The van der Waals surface area contributed by atoms with Crippen molar-refractivity contribution in [2.45, 2.75) is 33.1 Å². The fourth-order valence-electron chi connectivity index (χ4n) is 3.29. The van der Waals surface area contributed by atoms with Crippen molar-refractivity contribution in [2.75, 3.05) is 32.0 Å². The van der Waals surface area contributed by atoms with E-state index < -0.39 is 0 Å². The van der Waals surface area contributed by atoms with Crippen LogP contribution in [0.25, 0.3) is 17.0 Å². The Balaban J connectivity index is 0.000000221. The summed E-state index contributed by atoms with van der Waals surface area (Å²) in [5, 5.41) is 21.2. The van der Waals surface area contributed by atoms with Gasteiger partial charge in [-0.15, -0.1) is 10.2 Å². The van der Waals surface area contributed by atoms with Crippen molar-refractivity contribution in [3.05, 3.63) is 36.2 Å². The van der Waals surface area contributed by atoms with Crippen molar-refractivity contribution in [2.24, 2.45) is 0 Å². The summed E-state index contributed by atoms with van der Waals surface area (Å²) in [6.07, 6.45) is 7.77. The molecule has 2 N–H and O–H groups in total. The highest BCUT2D eigenvalue weighted by Crippen LogP contribution is 2.29. The molecule has 1 fully saturated rings. The van der Waals surface area contributed by atoms with E-state index in [1.54, 1.807) is 29.9 Å². The molecule has 4 rings (SSSR count). The Bertz CT molecular complexity index is 885. The van der Waals surface area contributed by atoms with Gasteiger partial charge in [-0.05, 0) is 57.1 Å². The van der Waals surface area contributed by atoms with Gasteiger partial charge in [-0.2, -0.15) is 0 Å². The quantitative estimate of drug-likeness (QED) is 0.738. The number of imidazole rings is 1. The molecular formula is C20H28N6O. The molecule has 1 aliphatic heterocycles. The van der Waals surface area contributed by atoms with Gasteiger partial charge in [-0.3, -0.25) is 4.40 Å². The molecule has 0 radical (unpaired) electrons. The van der Waals surface area contributed by atoms with E-state index in [4.69, 9.17) is 0 Å². The first-order valence-electron chi connectivity index (χ1n) is 9.54. The summed E-state index contributed by atoms with van der Waals surface area (Å²) < 4.78 is 1.79. The van der Waals surface area contributed by atoms with Crippen molar-refractivity contribution >= 4 is 11.5 Å². The molecule has 1 aromatic carbocycles. The molecule has 3 heterocycles. The predicted octanol–water partition coefficient (Wildman–Crippen LogP) is 3.34. The molecule has 1 saturated heterocycles. The summed E-state index contributed by atoms with van der Waals surface area (Å²) in [6.45, 7) is 8.10. The maximum Gasteiger partial charge on any atom is 0.192 e. The summed E-state index contributed by atoms with van der Waals surface area (Å²) in [5.41, 5.74) is 2.29. The highest BCUT2D eigenvalue weighted by molar-refractivity contribution is 5.70. The zero-order valence-electron chi connectivity index (χ0n) is 16.3. The van der Waals surface area contributed by atoms with Crippen LogP contribution >= 0.6 is 0 Å². The first-order valence-corrected chi connectivity index (χ1v) is 9.54. The lowest BCUT2D eigenvalue weighted by Crippen LogP contribution is -2.29. The number of anilines is 1. The average Bonchev–Trinajstić information content (AvgIpc) is 3.19. The number of hydrogen-bond donors (Lipinski definition) is 2. The fourth-order valence-corrected chi connectivity index (χ4v) is 3.29. The van der Waals surface area contributed by atoms with E-state index >= 15 is 0 Å². The summed E-state index contributed by atoms with van der Waals surface area (Å²) in [7, 11) is 1.77. The minimum Gasteiger partial charge on any atom is -0.507 e. The highest BCUT2D eigenvalue weighted by atomic mass is 16.3. The summed E-state index contributed by atoms with van der Waals surface area (Å²) in [6, 6.07) is 5.45. The van der Waals surface area contributed by atoms with Crippen LogP contribution in [-0.4, -0.2) is 56.3 Å².